The van der Waals surface area contributed by atoms with E-state index in [4.69, 9.17) is 16.7 Å². The van der Waals surface area contributed by atoms with Crippen LogP contribution in [0.1, 0.15) is 13.3 Å². The third kappa shape index (κ3) is 5.42. The number of allylic oxidation sites excluding steroid dienone is 1. The summed E-state index contributed by atoms with van der Waals surface area (Å²) in [6.45, 7) is 1.86. The molecule has 0 radical (unpaired) electrons. The summed E-state index contributed by atoms with van der Waals surface area (Å²) < 4.78 is 0. The molecule has 0 amide bonds. The lowest BCUT2D eigenvalue weighted by Crippen LogP contribution is -1.98. The second kappa shape index (κ2) is 5.68. The quantitative estimate of drug-likeness (QED) is 0.554. The van der Waals surface area contributed by atoms with Crippen LogP contribution >= 0.6 is 11.6 Å². The van der Waals surface area contributed by atoms with Gasteiger partial charge >= 0.3 is 0 Å². The lowest BCUT2D eigenvalue weighted by atomic mass is 10.3. The number of hydrogen-bond donors (Lipinski definition) is 1. The van der Waals surface area contributed by atoms with Crippen molar-refractivity contribution in [3.63, 3.8) is 0 Å². The first-order chi connectivity index (χ1) is 4.31. The van der Waals surface area contributed by atoms with Gasteiger partial charge in [-0.1, -0.05) is 30.4 Å². The fraction of sp³-hybridized carbons (Fsp3) is 0.429. The molecule has 0 bridgehead atoms. The smallest absolute Gasteiger partial charge is 0.114 e. The van der Waals surface area contributed by atoms with Crippen LogP contribution in [0.3, 0.4) is 0 Å². The zero-order valence-electron chi connectivity index (χ0n) is 5.26. The van der Waals surface area contributed by atoms with Crippen molar-refractivity contribution in [3.05, 3.63) is 11.6 Å². The Morgan fingerprint density at radius 2 is 2.44 bits per heavy atom. The van der Waals surface area contributed by atoms with Crippen molar-refractivity contribution in [2.24, 2.45) is 0 Å². The van der Waals surface area contributed by atoms with Crippen LogP contribution in [0, 0.1) is 11.8 Å². The zero-order valence-corrected chi connectivity index (χ0v) is 6.02. The van der Waals surface area contributed by atoms with Gasteiger partial charge in [-0.25, -0.2) is 0 Å². The van der Waals surface area contributed by atoms with Crippen LogP contribution in [0.15, 0.2) is 11.6 Å². The summed E-state index contributed by atoms with van der Waals surface area (Å²) in [7, 11) is 0. The number of aliphatic hydroxyl groups is 1. The minimum atomic E-state index is -0.516. The molecule has 0 aromatic heterocycles. The molecule has 0 saturated carbocycles. The summed E-state index contributed by atoms with van der Waals surface area (Å²) in [6, 6.07) is 0. The Morgan fingerprint density at radius 3 is 2.89 bits per heavy atom. The minimum absolute atomic E-state index is 0.516. The van der Waals surface area contributed by atoms with Crippen molar-refractivity contribution in [3.8, 4) is 11.8 Å². The Kier molecular flexibility index (Phi) is 5.40. The molecule has 0 rings (SSSR count). The molecule has 1 N–H and O–H groups in total. The molecule has 0 aliphatic carbocycles. The fourth-order valence-electron chi connectivity index (χ4n) is 0.278. The maximum absolute atomic E-state index is 8.83. The van der Waals surface area contributed by atoms with Crippen molar-refractivity contribution < 1.29 is 5.11 Å². The van der Waals surface area contributed by atoms with Crippen molar-refractivity contribution >= 4 is 11.6 Å². The molecule has 0 aliphatic rings. The predicted octanol–water partition coefficient (Wildman–Crippen LogP) is 1.51. The predicted molar refractivity (Wildman–Crippen MR) is 39.1 cm³/mol. The summed E-state index contributed by atoms with van der Waals surface area (Å²) >= 11 is 5.16. The summed E-state index contributed by atoms with van der Waals surface area (Å²) in [5.41, 5.74) is 1.31. The minimum Gasteiger partial charge on any atom is -0.380 e. The van der Waals surface area contributed by atoms with E-state index in [1.807, 2.05) is 6.92 Å². The van der Waals surface area contributed by atoms with Crippen molar-refractivity contribution in [1.82, 2.24) is 0 Å². The average molecular weight is 145 g/mol. The van der Waals surface area contributed by atoms with Crippen LogP contribution in [0.2, 0.25) is 0 Å². The fourth-order valence-corrected chi connectivity index (χ4v) is 0.341. The first kappa shape index (κ1) is 8.55. The summed E-state index contributed by atoms with van der Waals surface area (Å²) in [4.78, 5) is 0. The van der Waals surface area contributed by atoms with E-state index >= 15 is 0 Å². The molecule has 1 nitrogen and oxygen atoms in total. The molecule has 50 valence electrons. The maximum Gasteiger partial charge on any atom is 0.114 e. The van der Waals surface area contributed by atoms with Crippen molar-refractivity contribution in [2.45, 2.75) is 19.4 Å². The molecule has 0 saturated heterocycles. The number of halogens is 1. The molecular formula is C7H9ClO. The largest absolute Gasteiger partial charge is 0.380 e. The molecule has 0 heterocycles. The highest BCUT2D eigenvalue weighted by molar-refractivity contribution is 6.25. The second-order valence-corrected chi connectivity index (χ2v) is 1.76. The monoisotopic (exact) mass is 144 g/mol. The van der Waals surface area contributed by atoms with Crippen LogP contribution in [0.4, 0.5) is 0 Å². The van der Waals surface area contributed by atoms with Gasteiger partial charge in [0.05, 0.1) is 0 Å². The third-order valence-corrected chi connectivity index (χ3v) is 0.909. The van der Waals surface area contributed by atoms with Gasteiger partial charge in [0.2, 0.25) is 0 Å². The molecule has 1 atom stereocenters. The molecule has 0 aromatic rings. The summed E-state index contributed by atoms with van der Waals surface area (Å²) in [5, 5.41) is 8.83. The van der Waals surface area contributed by atoms with E-state index in [0.29, 0.717) is 6.42 Å². The molecule has 0 aliphatic heterocycles. The number of aliphatic hydroxyl groups excluding tert-OH is 1. The normalized spacial score (nSPS) is 12.8. The molecule has 0 spiro atoms. The molecule has 2 heteroatoms. The zero-order chi connectivity index (χ0) is 7.11. The Hall–Kier alpha value is -0.450. The molecule has 0 aromatic carbocycles. The Bertz CT molecular complexity index is 141. The van der Waals surface area contributed by atoms with Gasteiger partial charge < -0.3 is 5.11 Å². The van der Waals surface area contributed by atoms with Crippen molar-refractivity contribution in [1.29, 1.82) is 0 Å². The molecule has 1 unspecified atom stereocenters. The van der Waals surface area contributed by atoms with Gasteiger partial charge in [-0.05, 0) is 12.5 Å². The first-order valence-corrected chi connectivity index (χ1v) is 3.19. The van der Waals surface area contributed by atoms with Gasteiger partial charge in [0, 0.05) is 5.54 Å². The van der Waals surface area contributed by atoms with E-state index in [1.165, 1.54) is 11.6 Å². The van der Waals surface area contributed by atoms with Gasteiger partial charge in [0.15, 0.2) is 0 Å². The van der Waals surface area contributed by atoms with E-state index in [2.05, 4.69) is 11.8 Å². The molecule has 9 heavy (non-hydrogen) atoms. The standard InChI is InChI=1S/C7H9ClO/c1-2-7(9)5-3-4-6-8/h4,6-7,9H,2H2,1H3. The SMILES string of the molecule is CCC(O)C#CC=CCl. The lowest BCUT2D eigenvalue weighted by molar-refractivity contribution is 0.228. The highest BCUT2D eigenvalue weighted by Gasteiger charge is 1.88. The van der Waals surface area contributed by atoms with E-state index in [0.717, 1.165) is 0 Å². The first-order valence-electron chi connectivity index (χ1n) is 2.75. The topological polar surface area (TPSA) is 20.2 Å². The number of hydrogen-bond acceptors (Lipinski definition) is 1. The van der Waals surface area contributed by atoms with Crippen LogP contribution < -0.4 is 0 Å². The summed E-state index contributed by atoms with van der Waals surface area (Å²) in [6.07, 6.45) is 1.63. The average Bonchev–Trinajstić information content (AvgIpc) is 1.89. The van der Waals surface area contributed by atoms with Crippen LogP contribution in [0.5, 0.6) is 0 Å². The van der Waals surface area contributed by atoms with Crippen LogP contribution in [-0.2, 0) is 0 Å². The molecular weight excluding hydrogens is 136 g/mol. The van der Waals surface area contributed by atoms with E-state index in [9.17, 15) is 0 Å². The van der Waals surface area contributed by atoms with Gasteiger partial charge in [0.25, 0.3) is 0 Å². The van der Waals surface area contributed by atoms with Crippen LogP contribution in [0.25, 0.3) is 0 Å². The van der Waals surface area contributed by atoms with E-state index < -0.39 is 6.10 Å². The highest BCUT2D eigenvalue weighted by Crippen LogP contribution is 1.85. The van der Waals surface area contributed by atoms with Gasteiger partial charge in [-0.15, -0.1) is 0 Å². The lowest BCUT2D eigenvalue weighted by Gasteiger charge is -1.91. The van der Waals surface area contributed by atoms with Crippen molar-refractivity contribution in [2.75, 3.05) is 0 Å². The van der Waals surface area contributed by atoms with Crippen LogP contribution in [-0.4, -0.2) is 11.2 Å². The highest BCUT2D eigenvalue weighted by atomic mass is 35.5. The molecule has 0 fully saturated rings. The van der Waals surface area contributed by atoms with Gasteiger partial charge in [-0.3, -0.25) is 0 Å². The third-order valence-electron chi connectivity index (χ3n) is 0.783. The Labute approximate surface area is 60.3 Å². The van der Waals surface area contributed by atoms with E-state index in [1.54, 1.807) is 0 Å². The Morgan fingerprint density at radius 1 is 1.78 bits per heavy atom. The Balaban J connectivity index is 3.58. The second-order valence-electron chi connectivity index (χ2n) is 1.51. The number of rotatable bonds is 1. The van der Waals surface area contributed by atoms with Gasteiger partial charge in [0.1, 0.15) is 6.10 Å². The maximum atomic E-state index is 8.83. The summed E-state index contributed by atoms with van der Waals surface area (Å²) in [5.74, 6) is 5.14. The van der Waals surface area contributed by atoms with Gasteiger partial charge in [-0.2, -0.15) is 0 Å². The van der Waals surface area contributed by atoms with E-state index in [-0.39, 0.29) is 0 Å².